The molecule has 0 spiro atoms. The number of benzene rings is 1. The number of nitrogens with one attached hydrogen (secondary N) is 1. The molecule has 0 aliphatic heterocycles. The van der Waals surface area contributed by atoms with Gasteiger partial charge in [0.1, 0.15) is 17.9 Å². The monoisotopic (exact) mass is 460 g/mol. The molecular weight excluding hydrogens is 441 g/mol. The van der Waals surface area contributed by atoms with Crippen molar-refractivity contribution in [2.75, 3.05) is 6.61 Å². The Balaban J connectivity index is 1.51. The third-order valence-electron chi connectivity index (χ3n) is 4.08. The van der Waals surface area contributed by atoms with Gasteiger partial charge in [-0.1, -0.05) is 29.0 Å². The van der Waals surface area contributed by atoms with Crippen LogP contribution in [0.1, 0.15) is 31.1 Å². The molecule has 1 aliphatic rings. The number of carbonyl (C=O) groups excluding carboxylic acids is 1. The highest BCUT2D eigenvalue weighted by Crippen LogP contribution is 2.35. The van der Waals surface area contributed by atoms with Gasteiger partial charge in [-0.25, -0.2) is 4.98 Å². The third-order valence-corrected chi connectivity index (χ3v) is 5.22. The average Bonchev–Trinajstić information content (AvgIpc) is 3.36. The van der Waals surface area contributed by atoms with Crippen LogP contribution in [-0.2, 0) is 4.79 Å². The maximum Gasteiger partial charge on any atom is 0.397 e. The van der Waals surface area contributed by atoms with Crippen LogP contribution in [0.5, 0.6) is 16.7 Å². The summed E-state index contributed by atoms with van der Waals surface area (Å²) in [6.45, 7) is 2.27. The number of rotatable bonds is 9. The quantitative estimate of drug-likeness (QED) is 0.510. The molecule has 1 aromatic heterocycles. The van der Waals surface area contributed by atoms with Crippen LogP contribution in [-0.4, -0.2) is 29.7 Å². The van der Waals surface area contributed by atoms with Gasteiger partial charge in [0.05, 0.1) is 16.5 Å². The number of thiazole rings is 1. The lowest BCUT2D eigenvalue weighted by Crippen LogP contribution is -2.34. The fourth-order valence-electron chi connectivity index (χ4n) is 2.42. The molecule has 1 amide bonds. The van der Waals surface area contributed by atoms with Gasteiger partial charge in [-0.15, -0.1) is 0 Å². The smallest absolute Gasteiger partial charge is 0.397 e. The number of aromatic nitrogens is 1. The Morgan fingerprint density at radius 1 is 1.43 bits per heavy atom. The van der Waals surface area contributed by atoms with Crippen molar-refractivity contribution in [3.05, 3.63) is 40.4 Å². The summed E-state index contributed by atoms with van der Waals surface area (Å²) in [5.41, 5.74) is 0. The Morgan fingerprint density at radius 2 is 2.20 bits per heavy atom. The number of carbonyl (C=O) groups is 1. The minimum absolute atomic E-state index is 0.358. The topological polar surface area (TPSA) is 60.5 Å². The number of alkyl halides is 3. The second kappa shape index (κ2) is 9.70. The van der Waals surface area contributed by atoms with E-state index in [1.54, 1.807) is 43.5 Å². The van der Waals surface area contributed by atoms with Gasteiger partial charge in [-0.3, -0.25) is 4.79 Å². The molecule has 2 aromatic rings. The van der Waals surface area contributed by atoms with Crippen molar-refractivity contribution in [2.45, 2.75) is 38.4 Å². The number of hydrogen-bond acceptors (Lipinski definition) is 5. The minimum Gasteiger partial charge on any atom is -0.493 e. The first-order chi connectivity index (χ1) is 14.2. The molecule has 30 heavy (non-hydrogen) atoms. The molecule has 1 aliphatic carbocycles. The zero-order valence-electron chi connectivity index (χ0n) is 16.0. The van der Waals surface area contributed by atoms with Crippen LogP contribution >= 0.6 is 22.9 Å². The first kappa shape index (κ1) is 22.4. The number of nitrogens with zero attached hydrogens (tertiary/aromatic N) is 1. The molecule has 0 unspecified atom stereocenters. The summed E-state index contributed by atoms with van der Waals surface area (Å²) in [7, 11) is 0. The third kappa shape index (κ3) is 7.53. The summed E-state index contributed by atoms with van der Waals surface area (Å²) in [4.78, 5) is 16.2. The van der Waals surface area contributed by atoms with Gasteiger partial charge < -0.3 is 14.8 Å². The van der Waals surface area contributed by atoms with Gasteiger partial charge in [0, 0.05) is 18.3 Å². The molecule has 1 saturated carbocycles. The van der Waals surface area contributed by atoms with Gasteiger partial charge in [0.2, 0.25) is 5.91 Å². The highest BCUT2D eigenvalue weighted by Gasteiger charge is 2.31. The number of amides is 1. The van der Waals surface area contributed by atoms with E-state index >= 15 is 0 Å². The molecule has 1 atom stereocenters. The Kier molecular flexibility index (Phi) is 7.25. The SMILES string of the molecule is C[C@@H](/C=C/c1cnc(Oc2ccc(OCC3CC3)cc2Cl)s1)NC(=O)CC(F)(F)F. The van der Waals surface area contributed by atoms with E-state index in [1.165, 1.54) is 24.2 Å². The average molecular weight is 461 g/mol. The maximum atomic E-state index is 12.2. The van der Waals surface area contributed by atoms with Crippen LogP contribution in [0.4, 0.5) is 13.2 Å². The largest absolute Gasteiger partial charge is 0.493 e. The van der Waals surface area contributed by atoms with E-state index in [4.69, 9.17) is 21.1 Å². The molecule has 3 rings (SSSR count). The summed E-state index contributed by atoms with van der Waals surface area (Å²) in [5.74, 6) is 0.686. The fraction of sp³-hybridized carbons (Fsp3) is 0.400. The summed E-state index contributed by atoms with van der Waals surface area (Å²) in [5, 5.41) is 3.02. The van der Waals surface area contributed by atoms with E-state index < -0.39 is 24.5 Å². The van der Waals surface area contributed by atoms with Gasteiger partial charge in [0.25, 0.3) is 5.19 Å². The lowest BCUT2D eigenvalue weighted by atomic mass is 10.2. The molecule has 5 nitrogen and oxygen atoms in total. The zero-order chi connectivity index (χ0) is 21.7. The molecule has 0 radical (unpaired) electrons. The standard InChI is InChI=1S/C20H20ClF3N2O3S/c1-12(26-18(27)9-20(22,23)24)2-6-15-10-25-19(30-15)29-17-7-5-14(8-16(17)21)28-11-13-3-4-13/h2,5-8,10,12-13H,3-4,9,11H2,1H3,(H,26,27)/b6-2+/t12-/m0/s1. The van der Waals surface area contributed by atoms with Crippen LogP contribution < -0.4 is 14.8 Å². The fourth-order valence-corrected chi connectivity index (χ4v) is 3.31. The lowest BCUT2D eigenvalue weighted by molar-refractivity contribution is -0.153. The first-order valence-electron chi connectivity index (χ1n) is 9.28. The summed E-state index contributed by atoms with van der Waals surface area (Å²) in [6.07, 6.45) is 1.16. The zero-order valence-corrected chi connectivity index (χ0v) is 17.6. The first-order valence-corrected chi connectivity index (χ1v) is 10.5. The summed E-state index contributed by atoms with van der Waals surface area (Å²) in [6, 6.07) is 4.62. The van der Waals surface area contributed by atoms with Crippen LogP contribution in [0.3, 0.4) is 0 Å². The van der Waals surface area contributed by atoms with Crippen molar-refractivity contribution in [1.29, 1.82) is 0 Å². The lowest BCUT2D eigenvalue weighted by Gasteiger charge is -2.11. The van der Waals surface area contributed by atoms with Crippen molar-refractivity contribution in [3.63, 3.8) is 0 Å². The molecular formula is C20H20ClF3N2O3S. The number of ether oxygens (including phenoxy) is 2. The van der Waals surface area contributed by atoms with Crippen molar-refractivity contribution in [3.8, 4) is 16.7 Å². The minimum atomic E-state index is -4.53. The predicted octanol–water partition coefficient (Wildman–Crippen LogP) is 5.85. The Bertz CT molecular complexity index is 913. The van der Waals surface area contributed by atoms with E-state index in [9.17, 15) is 18.0 Å². The van der Waals surface area contributed by atoms with Gasteiger partial charge >= 0.3 is 6.18 Å². The number of halogens is 4. The molecule has 1 aromatic carbocycles. The van der Waals surface area contributed by atoms with Crippen LogP contribution in [0, 0.1) is 5.92 Å². The van der Waals surface area contributed by atoms with Crippen molar-refractivity contribution < 1.29 is 27.4 Å². The van der Waals surface area contributed by atoms with E-state index in [0.717, 1.165) is 0 Å². The second-order valence-electron chi connectivity index (χ2n) is 6.98. The van der Waals surface area contributed by atoms with Crippen molar-refractivity contribution in [2.24, 2.45) is 5.92 Å². The molecule has 1 N–H and O–H groups in total. The highest BCUT2D eigenvalue weighted by molar-refractivity contribution is 7.14. The van der Waals surface area contributed by atoms with Gasteiger partial charge in [-0.05, 0) is 43.9 Å². The molecule has 1 heterocycles. The normalized spacial score (nSPS) is 15.2. The molecule has 10 heteroatoms. The van der Waals surface area contributed by atoms with Crippen molar-refractivity contribution >= 4 is 34.9 Å². The second-order valence-corrected chi connectivity index (χ2v) is 8.42. The van der Waals surface area contributed by atoms with Crippen molar-refractivity contribution in [1.82, 2.24) is 10.3 Å². The molecule has 162 valence electrons. The molecule has 0 saturated heterocycles. The van der Waals surface area contributed by atoms with Crippen LogP contribution in [0.2, 0.25) is 5.02 Å². The summed E-state index contributed by atoms with van der Waals surface area (Å²) < 4.78 is 48.0. The van der Waals surface area contributed by atoms with Gasteiger partial charge in [0.15, 0.2) is 0 Å². The van der Waals surface area contributed by atoms with Crippen LogP contribution in [0.15, 0.2) is 30.5 Å². The Labute approximate surface area is 180 Å². The maximum absolute atomic E-state index is 12.2. The van der Waals surface area contributed by atoms with Gasteiger partial charge in [-0.2, -0.15) is 13.2 Å². The molecule has 1 fully saturated rings. The van der Waals surface area contributed by atoms with E-state index in [1.807, 2.05) is 0 Å². The number of hydrogen-bond donors (Lipinski definition) is 1. The van der Waals surface area contributed by atoms with E-state index in [0.29, 0.717) is 39.1 Å². The highest BCUT2D eigenvalue weighted by atomic mass is 35.5. The summed E-state index contributed by atoms with van der Waals surface area (Å²) >= 11 is 7.48. The predicted molar refractivity (Wildman–Crippen MR) is 109 cm³/mol. The Morgan fingerprint density at radius 3 is 2.87 bits per heavy atom. The van der Waals surface area contributed by atoms with E-state index in [-0.39, 0.29) is 0 Å². The Hall–Kier alpha value is -2.26. The van der Waals surface area contributed by atoms with E-state index in [2.05, 4.69) is 10.3 Å². The van der Waals surface area contributed by atoms with Crippen LogP contribution in [0.25, 0.3) is 6.08 Å². The molecule has 0 bridgehead atoms.